The van der Waals surface area contributed by atoms with Gasteiger partial charge in [0, 0.05) is 6.92 Å². The average Bonchev–Trinajstić information content (AvgIpc) is 1.83. The van der Waals surface area contributed by atoms with Gasteiger partial charge in [0.1, 0.15) is 5.41 Å². The number of carboxylic acid groups (broad SMARTS) is 1. The maximum absolute atomic E-state index is 12.6. The number of hydrogen-bond donors (Lipinski definition) is 1. The Balaban J connectivity index is 4.75. The van der Waals surface area contributed by atoms with Gasteiger partial charge in [-0.2, -0.15) is 0 Å². The van der Waals surface area contributed by atoms with Crippen molar-refractivity contribution in [2.75, 3.05) is 0 Å². The zero-order valence-electron chi connectivity index (χ0n) is 6.82. The largest absolute Gasteiger partial charge is 0.481 e. The summed E-state index contributed by atoms with van der Waals surface area (Å²) in [7, 11) is 0. The van der Waals surface area contributed by atoms with E-state index in [4.69, 9.17) is 5.11 Å². The van der Waals surface area contributed by atoms with Crippen LogP contribution in [0.1, 0.15) is 27.2 Å². The number of rotatable bonds is 3. The van der Waals surface area contributed by atoms with Gasteiger partial charge in [-0.3, -0.25) is 4.79 Å². The van der Waals surface area contributed by atoms with E-state index in [2.05, 4.69) is 0 Å². The second-order valence-corrected chi connectivity index (χ2v) is 2.88. The van der Waals surface area contributed by atoms with E-state index in [0.717, 1.165) is 6.92 Å². The van der Waals surface area contributed by atoms with E-state index in [1.807, 2.05) is 0 Å². The third kappa shape index (κ3) is 1.67. The van der Waals surface area contributed by atoms with Crippen LogP contribution in [-0.4, -0.2) is 17.0 Å². The van der Waals surface area contributed by atoms with E-state index in [1.165, 1.54) is 6.92 Å². The Bertz CT molecular complexity index is 162. The van der Waals surface area contributed by atoms with Crippen molar-refractivity contribution in [1.29, 1.82) is 0 Å². The lowest BCUT2D eigenvalue weighted by Gasteiger charge is -2.29. The maximum atomic E-state index is 12.6. The third-order valence-corrected chi connectivity index (χ3v) is 2.15. The third-order valence-electron chi connectivity index (χ3n) is 2.15. The first kappa shape index (κ1) is 10.3. The molecule has 0 aliphatic heterocycles. The van der Waals surface area contributed by atoms with Crippen LogP contribution in [0.15, 0.2) is 0 Å². The van der Waals surface area contributed by atoms with Crippen LogP contribution in [0, 0.1) is 5.41 Å². The fourth-order valence-corrected chi connectivity index (χ4v) is 0.649. The average molecular weight is 166 g/mol. The maximum Gasteiger partial charge on any atom is 0.315 e. The van der Waals surface area contributed by atoms with Crippen molar-refractivity contribution in [3.05, 3.63) is 0 Å². The van der Waals surface area contributed by atoms with Crippen molar-refractivity contribution in [2.24, 2.45) is 5.41 Å². The molecule has 2 nitrogen and oxygen atoms in total. The standard InChI is InChI=1S/C7H12F2O2/c1-4-6(2,5(10)11)7(3,8)9/h4H2,1-3H3,(H,10,11). The first-order valence-electron chi connectivity index (χ1n) is 3.37. The molecule has 0 aliphatic rings. The summed E-state index contributed by atoms with van der Waals surface area (Å²) in [6.07, 6.45) is -0.0775. The minimum atomic E-state index is -3.17. The molecule has 0 radical (unpaired) electrons. The van der Waals surface area contributed by atoms with Crippen molar-refractivity contribution >= 4 is 5.97 Å². The molecule has 0 spiro atoms. The van der Waals surface area contributed by atoms with E-state index in [0.29, 0.717) is 6.92 Å². The zero-order valence-corrected chi connectivity index (χ0v) is 6.82. The molecule has 4 heteroatoms. The van der Waals surface area contributed by atoms with Gasteiger partial charge in [-0.1, -0.05) is 6.92 Å². The predicted octanol–water partition coefficient (Wildman–Crippen LogP) is 2.14. The fourth-order valence-electron chi connectivity index (χ4n) is 0.649. The second-order valence-electron chi connectivity index (χ2n) is 2.88. The number of carboxylic acids is 1. The summed E-state index contributed by atoms with van der Waals surface area (Å²) in [5.74, 6) is -4.62. The molecule has 1 atom stereocenters. The second kappa shape index (κ2) is 2.75. The molecule has 0 aliphatic carbocycles. The summed E-state index contributed by atoms with van der Waals surface area (Å²) in [4.78, 5) is 10.4. The first-order valence-corrected chi connectivity index (χ1v) is 3.37. The summed E-state index contributed by atoms with van der Waals surface area (Å²) in [5.41, 5.74) is -1.94. The molecule has 0 bridgehead atoms. The van der Waals surface area contributed by atoms with Gasteiger partial charge in [-0.25, -0.2) is 8.78 Å². The molecule has 0 fully saturated rings. The van der Waals surface area contributed by atoms with Gasteiger partial charge in [-0.15, -0.1) is 0 Å². The first-order chi connectivity index (χ1) is 4.75. The van der Waals surface area contributed by atoms with Crippen molar-refractivity contribution in [3.63, 3.8) is 0 Å². The van der Waals surface area contributed by atoms with Crippen LogP contribution in [-0.2, 0) is 4.79 Å². The van der Waals surface area contributed by atoms with Crippen LogP contribution in [0.4, 0.5) is 8.78 Å². The Kier molecular flexibility index (Phi) is 2.59. The topological polar surface area (TPSA) is 37.3 Å². The number of alkyl halides is 2. The Morgan fingerprint density at radius 1 is 1.45 bits per heavy atom. The van der Waals surface area contributed by atoms with Gasteiger partial charge in [0.2, 0.25) is 0 Å². The molecule has 0 aromatic carbocycles. The highest BCUT2D eigenvalue weighted by Gasteiger charge is 2.50. The smallest absolute Gasteiger partial charge is 0.315 e. The molecule has 0 aromatic rings. The summed E-state index contributed by atoms with van der Waals surface area (Å²) in [6.45, 7) is 3.12. The lowest BCUT2D eigenvalue weighted by atomic mass is 9.82. The molecule has 0 aromatic heterocycles. The lowest BCUT2D eigenvalue weighted by Crippen LogP contribution is -2.42. The van der Waals surface area contributed by atoms with Crippen molar-refractivity contribution in [3.8, 4) is 0 Å². The summed E-state index contributed by atoms with van der Waals surface area (Å²) in [6, 6.07) is 0. The van der Waals surface area contributed by atoms with Gasteiger partial charge >= 0.3 is 5.97 Å². The molecule has 1 unspecified atom stereocenters. The van der Waals surface area contributed by atoms with E-state index >= 15 is 0 Å². The molecule has 0 rings (SSSR count). The molecule has 0 amide bonds. The van der Waals surface area contributed by atoms with Gasteiger partial charge in [-0.05, 0) is 13.3 Å². The highest BCUT2D eigenvalue weighted by molar-refractivity contribution is 5.75. The van der Waals surface area contributed by atoms with Gasteiger partial charge in [0.25, 0.3) is 5.92 Å². The van der Waals surface area contributed by atoms with E-state index in [9.17, 15) is 13.6 Å². The summed E-state index contributed by atoms with van der Waals surface area (Å²) in [5, 5.41) is 8.49. The molecule has 1 N–H and O–H groups in total. The fraction of sp³-hybridized carbons (Fsp3) is 0.857. The Morgan fingerprint density at radius 3 is 1.82 bits per heavy atom. The van der Waals surface area contributed by atoms with E-state index in [1.54, 1.807) is 0 Å². The molecule has 0 saturated carbocycles. The van der Waals surface area contributed by atoms with Gasteiger partial charge < -0.3 is 5.11 Å². The number of hydrogen-bond acceptors (Lipinski definition) is 1. The zero-order chi connectivity index (χ0) is 9.28. The lowest BCUT2D eigenvalue weighted by molar-refractivity contribution is -0.172. The van der Waals surface area contributed by atoms with Gasteiger partial charge in [0.15, 0.2) is 0 Å². The molecular weight excluding hydrogens is 154 g/mol. The van der Waals surface area contributed by atoms with Crippen molar-refractivity contribution in [2.45, 2.75) is 33.1 Å². The van der Waals surface area contributed by atoms with Crippen LogP contribution in [0.25, 0.3) is 0 Å². The van der Waals surface area contributed by atoms with Crippen LogP contribution in [0.3, 0.4) is 0 Å². The highest BCUT2D eigenvalue weighted by atomic mass is 19.3. The van der Waals surface area contributed by atoms with Crippen LogP contribution in [0.5, 0.6) is 0 Å². The number of aliphatic carboxylic acids is 1. The monoisotopic (exact) mass is 166 g/mol. The number of halogens is 2. The highest BCUT2D eigenvalue weighted by Crippen LogP contribution is 2.39. The molecule has 66 valence electrons. The predicted molar refractivity (Wildman–Crippen MR) is 36.7 cm³/mol. The van der Waals surface area contributed by atoms with Crippen LogP contribution in [0.2, 0.25) is 0 Å². The van der Waals surface area contributed by atoms with Crippen LogP contribution >= 0.6 is 0 Å². The Morgan fingerprint density at radius 2 is 1.82 bits per heavy atom. The molecule has 0 saturated heterocycles. The quantitative estimate of drug-likeness (QED) is 0.697. The van der Waals surface area contributed by atoms with Crippen molar-refractivity contribution < 1.29 is 18.7 Å². The minimum absolute atomic E-state index is 0.0775. The molecule has 11 heavy (non-hydrogen) atoms. The summed E-state index contributed by atoms with van der Waals surface area (Å²) >= 11 is 0. The van der Waals surface area contributed by atoms with Gasteiger partial charge in [0.05, 0.1) is 0 Å². The van der Waals surface area contributed by atoms with E-state index in [-0.39, 0.29) is 6.42 Å². The van der Waals surface area contributed by atoms with Crippen molar-refractivity contribution in [1.82, 2.24) is 0 Å². The van der Waals surface area contributed by atoms with Crippen LogP contribution < -0.4 is 0 Å². The Labute approximate surface area is 64.2 Å². The summed E-state index contributed by atoms with van der Waals surface area (Å²) < 4.78 is 25.3. The normalized spacial score (nSPS) is 17.5. The SMILES string of the molecule is CCC(C)(C(=O)O)C(C)(F)F. The molecule has 0 heterocycles. The molecular formula is C7H12F2O2. The minimum Gasteiger partial charge on any atom is -0.481 e. The number of carbonyl (C=O) groups is 1. The van der Waals surface area contributed by atoms with E-state index < -0.39 is 17.3 Å². The Hall–Kier alpha value is -0.670.